The maximum Gasteiger partial charge on any atom is 0.0522 e. The average Bonchev–Trinajstić information content (AvgIpc) is 2.07. The van der Waals surface area contributed by atoms with E-state index in [-0.39, 0.29) is 0 Å². The van der Waals surface area contributed by atoms with Gasteiger partial charge in [-0.2, -0.15) is 0 Å². The van der Waals surface area contributed by atoms with Gasteiger partial charge < -0.3 is 0 Å². The van der Waals surface area contributed by atoms with Gasteiger partial charge in [0.1, 0.15) is 0 Å². The molecule has 0 fully saturated rings. The van der Waals surface area contributed by atoms with Gasteiger partial charge in [-0.1, -0.05) is 6.07 Å². The molecule has 0 aliphatic rings. The molecule has 2 heteroatoms. The largest absolute Gasteiger partial charge is 0.260 e. The summed E-state index contributed by atoms with van der Waals surface area (Å²) in [6.07, 6.45) is 7.45. The molecule has 0 radical (unpaired) electrons. The minimum atomic E-state index is 0.503. The van der Waals surface area contributed by atoms with Crippen LogP contribution in [0.3, 0.4) is 0 Å². The lowest BCUT2D eigenvalue weighted by Gasteiger charge is -1.95. The van der Waals surface area contributed by atoms with E-state index in [0.717, 1.165) is 11.3 Å². The summed E-state index contributed by atoms with van der Waals surface area (Å²) in [5, 5.41) is 0. The Morgan fingerprint density at radius 2 is 2.36 bits per heavy atom. The molecule has 1 rings (SSSR count). The van der Waals surface area contributed by atoms with Crippen molar-refractivity contribution in [3.05, 3.63) is 29.6 Å². The van der Waals surface area contributed by atoms with Crippen LogP contribution in [0.1, 0.15) is 11.3 Å². The Balaban J connectivity index is 2.76. The molecule has 0 atom stereocenters. The fourth-order valence-corrected chi connectivity index (χ4v) is 0.901. The minimum Gasteiger partial charge on any atom is -0.260 e. The molecule has 1 aromatic rings. The summed E-state index contributed by atoms with van der Waals surface area (Å²) in [4.78, 5) is 4.11. The SMILES string of the molecule is C#CCc1ccc(CCl)cn1. The van der Waals surface area contributed by atoms with Crippen molar-refractivity contribution in [2.45, 2.75) is 12.3 Å². The number of aromatic nitrogens is 1. The highest BCUT2D eigenvalue weighted by Gasteiger charge is 1.91. The van der Waals surface area contributed by atoms with Crippen LogP contribution in [-0.2, 0) is 12.3 Å². The number of pyridine rings is 1. The molecular weight excluding hydrogens is 158 g/mol. The van der Waals surface area contributed by atoms with Gasteiger partial charge in [0.25, 0.3) is 0 Å². The van der Waals surface area contributed by atoms with Gasteiger partial charge in [0.05, 0.1) is 12.1 Å². The van der Waals surface area contributed by atoms with E-state index in [1.807, 2.05) is 12.1 Å². The van der Waals surface area contributed by atoms with E-state index >= 15 is 0 Å². The van der Waals surface area contributed by atoms with E-state index in [1.54, 1.807) is 6.20 Å². The first-order valence-corrected chi connectivity index (χ1v) is 3.83. The molecule has 0 spiro atoms. The monoisotopic (exact) mass is 165 g/mol. The predicted molar refractivity (Wildman–Crippen MR) is 46.3 cm³/mol. The van der Waals surface area contributed by atoms with Crippen LogP contribution >= 0.6 is 11.6 Å². The van der Waals surface area contributed by atoms with Gasteiger partial charge in [-0.25, -0.2) is 0 Å². The second-order valence-electron chi connectivity index (χ2n) is 2.17. The summed E-state index contributed by atoms with van der Waals surface area (Å²) in [7, 11) is 0. The molecule has 1 heterocycles. The third-order valence-corrected chi connectivity index (χ3v) is 1.63. The number of halogens is 1. The van der Waals surface area contributed by atoms with Gasteiger partial charge in [-0.15, -0.1) is 23.9 Å². The molecular formula is C9H8ClN. The first-order chi connectivity index (χ1) is 5.36. The van der Waals surface area contributed by atoms with E-state index in [4.69, 9.17) is 18.0 Å². The zero-order valence-electron chi connectivity index (χ0n) is 6.05. The molecule has 1 aromatic heterocycles. The summed E-state index contributed by atoms with van der Waals surface area (Å²) < 4.78 is 0. The van der Waals surface area contributed by atoms with Crippen LogP contribution in [0.2, 0.25) is 0 Å². The van der Waals surface area contributed by atoms with Crippen molar-refractivity contribution in [2.75, 3.05) is 0 Å². The molecule has 0 N–H and O–H groups in total. The highest BCUT2D eigenvalue weighted by molar-refractivity contribution is 6.17. The lowest BCUT2D eigenvalue weighted by atomic mass is 10.2. The van der Waals surface area contributed by atoms with Crippen LogP contribution in [0.25, 0.3) is 0 Å². The smallest absolute Gasteiger partial charge is 0.0522 e. The lowest BCUT2D eigenvalue weighted by Crippen LogP contribution is -1.88. The van der Waals surface area contributed by atoms with Crippen molar-refractivity contribution in [3.8, 4) is 12.3 Å². The van der Waals surface area contributed by atoms with Crippen molar-refractivity contribution in [1.82, 2.24) is 4.98 Å². The second kappa shape index (κ2) is 4.00. The van der Waals surface area contributed by atoms with Gasteiger partial charge in [0, 0.05) is 12.1 Å². The number of hydrogen-bond donors (Lipinski definition) is 0. The Kier molecular flexibility index (Phi) is 2.95. The van der Waals surface area contributed by atoms with E-state index < -0.39 is 0 Å². The van der Waals surface area contributed by atoms with E-state index in [1.165, 1.54) is 0 Å². The summed E-state index contributed by atoms with van der Waals surface area (Å²) in [5.41, 5.74) is 1.94. The van der Waals surface area contributed by atoms with Crippen molar-refractivity contribution in [1.29, 1.82) is 0 Å². The third-order valence-electron chi connectivity index (χ3n) is 1.32. The zero-order chi connectivity index (χ0) is 8.10. The van der Waals surface area contributed by atoms with Crippen LogP contribution in [0.15, 0.2) is 18.3 Å². The normalized spacial score (nSPS) is 9.09. The Labute approximate surface area is 71.4 Å². The lowest BCUT2D eigenvalue weighted by molar-refractivity contribution is 1.11. The zero-order valence-corrected chi connectivity index (χ0v) is 6.80. The van der Waals surface area contributed by atoms with Gasteiger partial charge in [0.15, 0.2) is 0 Å². The molecule has 0 amide bonds. The number of rotatable bonds is 2. The molecule has 1 nitrogen and oxygen atoms in total. The van der Waals surface area contributed by atoms with E-state index in [9.17, 15) is 0 Å². The number of nitrogens with zero attached hydrogens (tertiary/aromatic N) is 1. The molecule has 11 heavy (non-hydrogen) atoms. The second-order valence-corrected chi connectivity index (χ2v) is 2.44. The third kappa shape index (κ3) is 2.25. The van der Waals surface area contributed by atoms with Gasteiger partial charge in [-0.3, -0.25) is 4.98 Å². The van der Waals surface area contributed by atoms with Crippen LogP contribution in [-0.4, -0.2) is 4.98 Å². The van der Waals surface area contributed by atoms with Gasteiger partial charge >= 0.3 is 0 Å². The average molecular weight is 166 g/mol. The summed E-state index contributed by atoms with van der Waals surface area (Å²) in [6, 6.07) is 3.84. The maximum atomic E-state index is 5.58. The fraction of sp³-hybridized carbons (Fsp3) is 0.222. The highest BCUT2D eigenvalue weighted by Crippen LogP contribution is 2.03. The standard InChI is InChI=1S/C9H8ClN/c1-2-3-9-5-4-8(6-10)7-11-9/h1,4-5,7H,3,6H2. The molecule has 0 aromatic carbocycles. The fourth-order valence-electron chi connectivity index (χ4n) is 0.743. The van der Waals surface area contributed by atoms with Crippen LogP contribution < -0.4 is 0 Å². The topological polar surface area (TPSA) is 12.9 Å². The highest BCUT2D eigenvalue weighted by atomic mass is 35.5. The predicted octanol–water partition coefficient (Wildman–Crippen LogP) is 2.00. The quantitative estimate of drug-likeness (QED) is 0.483. The summed E-state index contributed by atoms with van der Waals surface area (Å²) in [5.74, 6) is 3.03. The molecule has 0 saturated heterocycles. The Hall–Kier alpha value is -1.00. The van der Waals surface area contributed by atoms with Crippen molar-refractivity contribution < 1.29 is 0 Å². The Morgan fingerprint density at radius 1 is 1.55 bits per heavy atom. The van der Waals surface area contributed by atoms with Crippen LogP contribution in [0, 0.1) is 12.3 Å². The van der Waals surface area contributed by atoms with Crippen LogP contribution in [0.4, 0.5) is 0 Å². The number of alkyl halides is 1. The van der Waals surface area contributed by atoms with E-state index in [2.05, 4.69) is 10.9 Å². The minimum absolute atomic E-state index is 0.503. The summed E-state index contributed by atoms with van der Waals surface area (Å²) >= 11 is 5.58. The molecule has 0 bridgehead atoms. The van der Waals surface area contributed by atoms with Crippen molar-refractivity contribution in [2.24, 2.45) is 0 Å². The molecule has 0 aliphatic heterocycles. The Morgan fingerprint density at radius 3 is 2.82 bits per heavy atom. The molecule has 0 saturated carbocycles. The van der Waals surface area contributed by atoms with Gasteiger partial charge in [-0.05, 0) is 11.6 Å². The Bertz CT molecular complexity index is 258. The first kappa shape index (κ1) is 8.10. The van der Waals surface area contributed by atoms with Crippen molar-refractivity contribution in [3.63, 3.8) is 0 Å². The van der Waals surface area contributed by atoms with Crippen LogP contribution in [0.5, 0.6) is 0 Å². The molecule has 0 unspecified atom stereocenters. The molecule has 56 valence electrons. The van der Waals surface area contributed by atoms with Gasteiger partial charge in [0.2, 0.25) is 0 Å². The van der Waals surface area contributed by atoms with E-state index in [0.29, 0.717) is 12.3 Å². The van der Waals surface area contributed by atoms with Crippen molar-refractivity contribution >= 4 is 11.6 Å². The maximum absolute atomic E-state index is 5.58. The molecule has 0 aliphatic carbocycles. The summed E-state index contributed by atoms with van der Waals surface area (Å²) in [6.45, 7) is 0. The first-order valence-electron chi connectivity index (χ1n) is 3.30. The number of hydrogen-bond acceptors (Lipinski definition) is 1. The number of terminal acetylenes is 1.